The number of ether oxygens (including phenoxy) is 1. The summed E-state index contributed by atoms with van der Waals surface area (Å²) in [5.41, 5.74) is -0.665. The van der Waals surface area contributed by atoms with Crippen molar-refractivity contribution in [2.45, 2.75) is 55.8 Å². The van der Waals surface area contributed by atoms with Crippen molar-refractivity contribution in [3.05, 3.63) is 28.7 Å². The van der Waals surface area contributed by atoms with Gasteiger partial charge in [-0.3, -0.25) is 10.1 Å². The summed E-state index contributed by atoms with van der Waals surface area (Å²) in [5, 5.41) is 3.62. The molecule has 5 heteroatoms. The topological polar surface area (TPSA) is 38.3 Å². The van der Waals surface area contributed by atoms with E-state index in [1.807, 2.05) is 32.9 Å². The van der Waals surface area contributed by atoms with Gasteiger partial charge in [-0.2, -0.15) is 0 Å². The Labute approximate surface area is 140 Å². The molecule has 0 aliphatic rings. The van der Waals surface area contributed by atoms with Crippen LogP contribution in [0.15, 0.2) is 33.6 Å². The number of carbonyl (C=O) groups excluding carboxylic acids is 1. The molecule has 0 saturated carbocycles. The van der Waals surface area contributed by atoms with Crippen LogP contribution < -0.4 is 5.32 Å². The van der Waals surface area contributed by atoms with Crippen molar-refractivity contribution in [2.24, 2.45) is 0 Å². The molecule has 1 aromatic rings. The summed E-state index contributed by atoms with van der Waals surface area (Å²) in [7, 11) is 1.44. The molecule has 1 aromatic carbocycles. The van der Waals surface area contributed by atoms with Gasteiger partial charge in [-0.25, -0.2) is 0 Å². The first kappa shape index (κ1) is 18.5. The number of methoxy groups -OCH3 is 1. The number of benzene rings is 1. The summed E-state index contributed by atoms with van der Waals surface area (Å²) in [6.07, 6.45) is 0.703. The van der Waals surface area contributed by atoms with E-state index in [2.05, 4.69) is 40.3 Å². The van der Waals surface area contributed by atoms with E-state index < -0.39 is 5.54 Å². The highest BCUT2D eigenvalue weighted by Gasteiger charge is 2.36. The summed E-state index contributed by atoms with van der Waals surface area (Å²) in [6.45, 7) is 8.12. The second-order valence-corrected chi connectivity index (χ2v) is 8.14. The van der Waals surface area contributed by atoms with E-state index in [4.69, 9.17) is 4.74 Å². The molecule has 0 aliphatic carbocycles. The Hall–Kier alpha value is -0.520. The monoisotopic (exact) mass is 373 g/mol. The Balaban J connectivity index is 2.76. The number of carbonyl (C=O) groups is 1. The molecule has 2 atom stereocenters. The van der Waals surface area contributed by atoms with Crippen LogP contribution in [0.3, 0.4) is 0 Å². The van der Waals surface area contributed by atoms with Crippen molar-refractivity contribution >= 4 is 33.7 Å². The third-order valence-corrected chi connectivity index (χ3v) is 4.66. The summed E-state index contributed by atoms with van der Waals surface area (Å²) in [5.74, 6) is -0.210. The predicted molar refractivity (Wildman–Crippen MR) is 92.8 cm³/mol. The Morgan fingerprint density at radius 1 is 1.43 bits per heavy atom. The zero-order valence-corrected chi connectivity index (χ0v) is 15.7. The fraction of sp³-hybridized carbons (Fsp3) is 0.562. The number of esters is 1. The molecule has 1 N–H and O–H groups in total. The molecule has 0 saturated heterocycles. The van der Waals surface area contributed by atoms with Gasteiger partial charge in [0.2, 0.25) is 0 Å². The van der Waals surface area contributed by atoms with Crippen LogP contribution in [0.4, 0.5) is 0 Å². The first-order valence-electron chi connectivity index (χ1n) is 7.05. The highest BCUT2D eigenvalue weighted by molar-refractivity contribution is 9.10. The third kappa shape index (κ3) is 6.01. The van der Waals surface area contributed by atoms with E-state index in [9.17, 15) is 4.79 Å². The molecule has 2 unspecified atom stereocenters. The van der Waals surface area contributed by atoms with Crippen molar-refractivity contribution in [2.75, 3.05) is 7.11 Å². The number of halogens is 1. The van der Waals surface area contributed by atoms with E-state index in [1.54, 1.807) is 11.8 Å². The van der Waals surface area contributed by atoms with E-state index in [0.29, 0.717) is 6.42 Å². The zero-order chi connectivity index (χ0) is 16.0. The Kier molecular flexibility index (Phi) is 7.24. The smallest absolute Gasteiger partial charge is 0.325 e. The average molecular weight is 374 g/mol. The molecule has 0 aliphatic heterocycles. The highest BCUT2D eigenvalue weighted by atomic mass is 79.9. The van der Waals surface area contributed by atoms with Crippen molar-refractivity contribution in [1.29, 1.82) is 0 Å². The molecule has 0 bridgehead atoms. The van der Waals surface area contributed by atoms with Crippen LogP contribution in [0.25, 0.3) is 0 Å². The maximum absolute atomic E-state index is 12.1. The average Bonchev–Trinajstić information content (AvgIpc) is 2.36. The van der Waals surface area contributed by atoms with Gasteiger partial charge in [0.1, 0.15) is 5.54 Å². The number of hydrogen-bond acceptors (Lipinski definition) is 4. The fourth-order valence-electron chi connectivity index (χ4n) is 2.45. The van der Waals surface area contributed by atoms with Gasteiger partial charge < -0.3 is 4.74 Å². The van der Waals surface area contributed by atoms with Gasteiger partial charge in [-0.05, 0) is 45.4 Å². The lowest BCUT2D eigenvalue weighted by molar-refractivity contribution is -0.148. The lowest BCUT2D eigenvalue weighted by Crippen LogP contribution is -2.54. The molecule has 118 valence electrons. The summed E-state index contributed by atoms with van der Waals surface area (Å²) < 4.78 is 6.03. The third-order valence-electron chi connectivity index (χ3n) is 3.07. The van der Waals surface area contributed by atoms with Gasteiger partial charge in [0.05, 0.1) is 7.11 Å². The summed E-state index contributed by atoms with van der Waals surface area (Å²) >= 11 is 5.24. The minimum absolute atomic E-state index is 0.210. The lowest BCUT2D eigenvalue weighted by atomic mass is 9.95. The van der Waals surface area contributed by atoms with Crippen LogP contribution in [-0.2, 0) is 9.53 Å². The van der Waals surface area contributed by atoms with Gasteiger partial charge >= 0.3 is 5.97 Å². The quantitative estimate of drug-likeness (QED) is 0.572. The van der Waals surface area contributed by atoms with Crippen LogP contribution in [0, 0.1) is 0 Å². The van der Waals surface area contributed by atoms with Crippen molar-refractivity contribution < 1.29 is 9.53 Å². The van der Waals surface area contributed by atoms with E-state index in [-0.39, 0.29) is 17.3 Å². The van der Waals surface area contributed by atoms with Crippen LogP contribution >= 0.6 is 27.7 Å². The van der Waals surface area contributed by atoms with Gasteiger partial charge in [-0.15, -0.1) is 11.8 Å². The second-order valence-electron chi connectivity index (χ2n) is 5.71. The minimum atomic E-state index is -0.665. The van der Waals surface area contributed by atoms with Gasteiger partial charge in [0.15, 0.2) is 0 Å². The van der Waals surface area contributed by atoms with Crippen molar-refractivity contribution in [1.82, 2.24) is 5.32 Å². The first-order valence-corrected chi connectivity index (χ1v) is 8.72. The number of nitrogens with one attached hydrogen (secondary N) is 1. The van der Waals surface area contributed by atoms with Crippen LogP contribution in [-0.4, -0.2) is 29.9 Å². The fourth-order valence-corrected chi connectivity index (χ4v) is 4.24. The molecule has 0 amide bonds. The van der Waals surface area contributed by atoms with E-state index >= 15 is 0 Å². The Morgan fingerprint density at radius 2 is 2.10 bits per heavy atom. The van der Waals surface area contributed by atoms with Crippen LogP contribution in [0.5, 0.6) is 0 Å². The van der Waals surface area contributed by atoms with Crippen LogP contribution in [0.1, 0.15) is 34.1 Å². The van der Waals surface area contributed by atoms with Gasteiger partial charge in [0.25, 0.3) is 0 Å². The van der Waals surface area contributed by atoms with Crippen molar-refractivity contribution in [3.63, 3.8) is 0 Å². The minimum Gasteiger partial charge on any atom is -0.468 e. The van der Waals surface area contributed by atoms with Crippen LogP contribution in [0.2, 0.25) is 0 Å². The number of thioether (sulfide) groups is 1. The highest BCUT2D eigenvalue weighted by Crippen LogP contribution is 2.31. The maximum atomic E-state index is 12.1. The van der Waals surface area contributed by atoms with E-state index in [1.165, 1.54) is 12.0 Å². The standard InChI is InChI=1S/C16H24BrNO2S/c1-11(2)18-16(4,15(19)20-5)10-12(3)21-14-8-6-7-13(17)9-14/h6-9,11-12,18H,10H2,1-5H3. The SMILES string of the molecule is COC(=O)C(C)(CC(C)Sc1cccc(Br)c1)NC(C)C. The number of rotatable bonds is 7. The molecule has 21 heavy (non-hydrogen) atoms. The first-order chi connectivity index (χ1) is 9.76. The summed E-state index contributed by atoms with van der Waals surface area (Å²) in [4.78, 5) is 13.3. The maximum Gasteiger partial charge on any atom is 0.325 e. The molecule has 3 nitrogen and oxygen atoms in total. The molecular weight excluding hydrogens is 350 g/mol. The largest absolute Gasteiger partial charge is 0.468 e. The molecule has 0 radical (unpaired) electrons. The predicted octanol–water partition coefficient (Wildman–Crippen LogP) is 4.25. The summed E-state index contributed by atoms with van der Waals surface area (Å²) in [6, 6.07) is 8.42. The molecule has 0 heterocycles. The Bertz CT molecular complexity index is 481. The van der Waals surface area contributed by atoms with Crippen molar-refractivity contribution in [3.8, 4) is 0 Å². The zero-order valence-electron chi connectivity index (χ0n) is 13.3. The normalized spacial score (nSPS) is 15.6. The lowest BCUT2D eigenvalue weighted by Gasteiger charge is -2.32. The molecular formula is C16H24BrNO2S. The van der Waals surface area contributed by atoms with E-state index in [0.717, 1.165) is 4.47 Å². The second kappa shape index (κ2) is 8.20. The Morgan fingerprint density at radius 3 is 2.62 bits per heavy atom. The van der Waals surface area contributed by atoms with Gasteiger partial charge in [-0.1, -0.05) is 28.9 Å². The molecule has 1 rings (SSSR count). The molecule has 0 fully saturated rings. The molecule has 0 spiro atoms. The van der Waals surface area contributed by atoms with Gasteiger partial charge in [0, 0.05) is 20.7 Å². The number of hydrogen-bond donors (Lipinski definition) is 1. The molecule has 0 aromatic heterocycles.